The molecule has 0 aromatic rings. The SMILES string of the molecule is COC(=O)C1OC(OC2C(O)C(CO)OC(C)C2NC(C)=O)C(O)C(O)C1O. The monoisotopic (exact) mass is 409 g/mol. The maximum Gasteiger partial charge on any atom is 0.337 e. The zero-order valence-electron chi connectivity index (χ0n) is 15.7. The highest BCUT2D eigenvalue weighted by Gasteiger charge is 2.52. The lowest BCUT2D eigenvalue weighted by Gasteiger charge is -2.46. The molecule has 2 heterocycles. The Morgan fingerprint density at radius 3 is 2.21 bits per heavy atom. The van der Waals surface area contributed by atoms with Crippen LogP contribution in [0, 0.1) is 0 Å². The zero-order chi connectivity index (χ0) is 21.2. The molecule has 28 heavy (non-hydrogen) atoms. The van der Waals surface area contributed by atoms with Gasteiger partial charge in [0.05, 0.1) is 25.9 Å². The fourth-order valence-electron chi connectivity index (χ4n) is 3.31. The Kier molecular flexibility index (Phi) is 7.70. The molecule has 0 bridgehead atoms. The number of aliphatic hydroxyl groups excluding tert-OH is 5. The molecule has 12 heteroatoms. The Bertz CT molecular complexity index is 561. The number of hydrogen-bond donors (Lipinski definition) is 6. The average Bonchev–Trinajstić information content (AvgIpc) is 2.66. The second-order valence-electron chi connectivity index (χ2n) is 6.80. The van der Waals surface area contributed by atoms with Crippen molar-refractivity contribution < 1.29 is 54.1 Å². The zero-order valence-corrected chi connectivity index (χ0v) is 15.7. The van der Waals surface area contributed by atoms with Crippen molar-refractivity contribution in [3.8, 4) is 0 Å². The normalized spacial score (nSPS) is 44.0. The minimum absolute atomic E-state index is 0.447. The summed E-state index contributed by atoms with van der Waals surface area (Å²) in [5.74, 6) is -1.45. The van der Waals surface area contributed by atoms with Gasteiger partial charge in [0.2, 0.25) is 5.91 Å². The molecule has 0 aromatic heterocycles. The topological polar surface area (TPSA) is 184 Å². The number of nitrogens with one attached hydrogen (secondary N) is 1. The molecule has 0 spiro atoms. The molecule has 6 N–H and O–H groups in total. The summed E-state index contributed by atoms with van der Waals surface area (Å²) < 4.78 is 20.8. The summed E-state index contributed by atoms with van der Waals surface area (Å²) in [6.07, 6.45) is -13.0. The first kappa shape index (κ1) is 22.9. The third kappa shape index (κ3) is 4.60. The Morgan fingerprint density at radius 2 is 1.68 bits per heavy atom. The quantitative estimate of drug-likeness (QED) is 0.243. The van der Waals surface area contributed by atoms with Gasteiger partial charge in [-0.05, 0) is 6.92 Å². The molecule has 1 amide bonds. The van der Waals surface area contributed by atoms with Crippen LogP contribution in [0.1, 0.15) is 13.8 Å². The third-order valence-corrected chi connectivity index (χ3v) is 4.81. The lowest BCUT2D eigenvalue weighted by molar-refractivity contribution is -0.325. The van der Waals surface area contributed by atoms with Crippen LogP contribution in [-0.2, 0) is 28.5 Å². The third-order valence-electron chi connectivity index (χ3n) is 4.81. The van der Waals surface area contributed by atoms with Crippen molar-refractivity contribution in [2.45, 2.75) is 75.0 Å². The second kappa shape index (κ2) is 9.41. The summed E-state index contributed by atoms with van der Waals surface area (Å²) in [5, 5.41) is 52.6. The van der Waals surface area contributed by atoms with Gasteiger partial charge in [0.25, 0.3) is 0 Å². The Morgan fingerprint density at radius 1 is 1.04 bits per heavy atom. The van der Waals surface area contributed by atoms with Crippen LogP contribution in [0.15, 0.2) is 0 Å². The van der Waals surface area contributed by atoms with E-state index in [1.165, 1.54) is 6.92 Å². The van der Waals surface area contributed by atoms with Crippen molar-refractivity contribution in [2.24, 2.45) is 0 Å². The number of carbonyl (C=O) groups is 2. The molecule has 12 nitrogen and oxygen atoms in total. The molecule has 2 aliphatic rings. The minimum atomic E-state index is -1.80. The molecular weight excluding hydrogens is 382 g/mol. The van der Waals surface area contributed by atoms with E-state index in [2.05, 4.69) is 10.1 Å². The summed E-state index contributed by atoms with van der Waals surface area (Å²) in [4.78, 5) is 23.3. The molecule has 0 aromatic carbocycles. The number of rotatable bonds is 5. The van der Waals surface area contributed by atoms with E-state index >= 15 is 0 Å². The minimum Gasteiger partial charge on any atom is -0.467 e. The number of carbonyl (C=O) groups excluding carboxylic acids is 2. The fourth-order valence-corrected chi connectivity index (χ4v) is 3.31. The van der Waals surface area contributed by atoms with Crippen molar-refractivity contribution in [2.75, 3.05) is 13.7 Å². The van der Waals surface area contributed by atoms with Gasteiger partial charge in [0.15, 0.2) is 12.4 Å². The number of esters is 1. The Hall–Kier alpha value is -1.38. The van der Waals surface area contributed by atoms with Gasteiger partial charge in [-0.15, -0.1) is 0 Å². The smallest absolute Gasteiger partial charge is 0.337 e. The Balaban J connectivity index is 2.26. The van der Waals surface area contributed by atoms with Crippen LogP contribution in [0.5, 0.6) is 0 Å². The van der Waals surface area contributed by atoms with Gasteiger partial charge in [0.1, 0.15) is 36.6 Å². The van der Waals surface area contributed by atoms with Crippen LogP contribution < -0.4 is 5.32 Å². The van der Waals surface area contributed by atoms with Crippen molar-refractivity contribution >= 4 is 11.9 Å². The highest BCUT2D eigenvalue weighted by atomic mass is 16.7. The van der Waals surface area contributed by atoms with E-state index in [1.54, 1.807) is 6.92 Å². The van der Waals surface area contributed by atoms with E-state index in [0.29, 0.717) is 0 Å². The number of ether oxygens (including phenoxy) is 4. The standard InChI is InChI=1S/C16H27NO11/c1-5-8(17-6(2)19)13(9(20)7(4-18)26-5)27-16-12(23)10(21)11(22)14(28-16)15(24)25-3/h5,7-14,16,18,20-23H,4H2,1-3H3,(H,17,19). The highest BCUT2D eigenvalue weighted by Crippen LogP contribution is 2.29. The van der Waals surface area contributed by atoms with Gasteiger partial charge >= 0.3 is 5.97 Å². The summed E-state index contributed by atoms with van der Waals surface area (Å²) in [7, 11) is 1.05. The summed E-state index contributed by atoms with van der Waals surface area (Å²) >= 11 is 0. The van der Waals surface area contributed by atoms with E-state index in [4.69, 9.17) is 14.2 Å². The molecule has 0 radical (unpaired) electrons. The van der Waals surface area contributed by atoms with Crippen LogP contribution in [-0.4, -0.2) is 112 Å². The lowest BCUT2D eigenvalue weighted by Crippen LogP contribution is -2.67. The molecule has 162 valence electrons. The lowest BCUT2D eigenvalue weighted by atomic mass is 9.92. The van der Waals surface area contributed by atoms with Crippen LogP contribution >= 0.6 is 0 Å². The summed E-state index contributed by atoms with van der Waals surface area (Å²) in [5.41, 5.74) is 0. The van der Waals surface area contributed by atoms with Gasteiger partial charge in [0, 0.05) is 6.92 Å². The van der Waals surface area contributed by atoms with Crippen molar-refractivity contribution in [3.05, 3.63) is 0 Å². The van der Waals surface area contributed by atoms with Gasteiger partial charge in [-0.1, -0.05) is 0 Å². The predicted octanol–water partition coefficient (Wildman–Crippen LogP) is -4.00. The predicted molar refractivity (Wildman–Crippen MR) is 88.6 cm³/mol. The van der Waals surface area contributed by atoms with Crippen molar-refractivity contribution in [3.63, 3.8) is 0 Å². The first-order valence-corrected chi connectivity index (χ1v) is 8.76. The highest BCUT2D eigenvalue weighted by molar-refractivity contribution is 5.75. The number of aliphatic hydroxyl groups is 5. The van der Waals surface area contributed by atoms with Crippen molar-refractivity contribution in [1.82, 2.24) is 5.32 Å². The van der Waals surface area contributed by atoms with E-state index in [9.17, 15) is 35.1 Å². The average molecular weight is 409 g/mol. The molecule has 2 fully saturated rings. The second-order valence-corrected chi connectivity index (χ2v) is 6.80. The van der Waals surface area contributed by atoms with Crippen LogP contribution in [0.4, 0.5) is 0 Å². The molecule has 2 rings (SSSR count). The van der Waals surface area contributed by atoms with E-state index in [-0.39, 0.29) is 0 Å². The maximum absolute atomic E-state index is 11.8. The van der Waals surface area contributed by atoms with Gasteiger partial charge in [-0.2, -0.15) is 0 Å². The Labute approximate surface area is 160 Å². The fraction of sp³-hybridized carbons (Fsp3) is 0.875. The van der Waals surface area contributed by atoms with Crippen molar-refractivity contribution in [1.29, 1.82) is 0 Å². The van der Waals surface area contributed by atoms with E-state index < -0.39 is 79.6 Å². The molecule has 2 aliphatic heterocycles. The summed E-state index contributed by atoms with van der Waals surface area (Å²) in [6.45, 7) is 2.28. The molecule has 0 saturated carbocycles. The largest absolute Gasteiger partial charge is 0.467 e. The first-order chi connectivity index (χ1) is 13.1. The van der Waals surface area contributed by atoms with Gasteiger partial charge < -0.3 is 49.8 Å². The molecule has 0 aliphatic carbocycles. The first-order valence-electron chi connectivity index (χ1n) is 8.76. The number of methoxy groups -OCH3 is 1. The van der Waals surface area contributed by atoms with Crippen LogP contribution in [0.2, 0.25) is 0 Å². The number of amides is 1. The van der Waals surface area contributed by atoms with Gasteiger partial charge in [-0.3, -0.25) is 4.79 Å². The van der Waals surface area contributed by atoms with Crippen LogP contribution in [0.25, 0.3) is 0 Å². The molecule has 10 unspecified atom stereocenters. The van der Waals surface area contributed by atoms with Gasteiger partial charge in [-0.25, -0.2) is 4.79 Å². The molecule has 10 atom stereocenters. The maximum atomic E-state index is 11.8. The molecule has 2 saturated heterocycles. The van der Waals surface area contributed by atoms with E-state index in [0.717, 1.165) is 7.11 Å². The summed E-state index contributed by atoms with van der Waals surface area (Å²) in [6, 6.07) is -0.897. The molecular formula is C16H27NO11. The van der Waals surface area contributed by atoms with E-state index in [1.807, 2.05) is 0 Å². The number of hydrogen-bond acceptors (Lipinski definition) is 11. The van der Waals surface area contributed by atoms with Crippen LogP contribution in [0.3, 0.4) is 0 Å².